The van der Waals surface area contributed by atoms with E-state index in [1.165, 1.54) is 5.56 Å². The number of carbonyl (C=O) groups excluding carboxylic acids is 1. The Bertz CT molecular complexity index is 690. The highest BCUT2D eigenvalue weighted by Crippen LogP contribution is 2.16. The second-order valence-corrected chi connectivity index (χ2v) is 5.25. The third-order valence-corrected chi connectivity index (χ3v) is 3.28. The fraction of sp³-hybridized carbons (Fsp3) is 0.222. The number of amides is 1. The summed E-state index contributed by atoms with van der Waals surface area (Å²) in [5, 5.41) is 11.8. The number of hydrogen-bond donors (Lipinski definition) is 1. The van der Waals surface area contributed by atoms with Crippen LogP contribution >= 0.6 is 0 Å². The Morgan fingerprint density at radius 2 is 2.05 bits per heavy atom. The predicted molar refractivity (Wildman–Crippen MR) is 84.7 cm³/mol. The van der Waals surface area contributed by atoms with Crippen LogP contribution in [0, 0.1) is 11.3 Å². The van der Waals surface area contributed by atoms with Gasteiger partial charge in [-0.25, -0.2) is 0 Å². The average Bonchev–Trinajstić information content (AvgIpc) is 3.04. The van der Waals surface area contributed by atoms with Crippen LogP contribution in [-0.2, 0) is 11.3 Å². The molecule has 0 bridgehead atoms. The van der Waals surface area contributed by atoms with Crippen molar-refractivity contribution in [3.05, 3.63) is 65.1 Å². The normalized spacial score (nSPS) is 11.3. The zero-order valence-corrected chi connectivity index (χ0v) is 12.7. The molecule has 0 saturated carbocycles. The number of nitriles is 1. The van der Waals surface area contributed by atoms with E-state index in [0.29, 0.717) is 11.7 Å². The molecule has 0 saturated heterocycles. The van der Waals surface area contributed by atoms with E-state index in [1.807, 2.05) is 30.3 Å². The largest absolute Gasteiger partial charge is 0.467 e. The van der Waals surface area contributed by atoms with E-state index in [1.54, 1.807) is 24.5 Å². The molecule has 0 atom stereocenters. The van der Waals surface area contributed by atoms with Crippen LogP contribution in [0.3, 0.4) is 0 Å². The second-order valence-electron chi connectivity index (χ2n) is 5.25. The van der Waals surface area contributed by atoms with Gasteiger partial charge in [0.05, 0.1) is 12.8 Å². The molecule has 0 unspecified atom stereocenters. The van der Waals surface area contributed by atoms with Crippen molar-refractivity contribution in [3.63, 3.8) is 0 Å². The molecule has 1 amide bonds. The lowest BCUT2D eigenvalue weighted by Crippen LogP contribution is -2.23. The van der Waals surface area contributed by atoms with Gasteiger partial charge in [0.25, 0.3) is 5.91 Å². The molecular formula is C18H18N2O2. The van der Waals surface area contributed by atoms with Crippen molar-refractivity contribution >= 4 is 12.0 Å². The first kappa shape index (κ1) is 15.6. The maximum atomic E-state index is 12.0. The van der Waals surface area contributed by atoms with Gasteiger partial charge in [0, 0.05) is 0 Å². The van der Waals surface area contributed by atoms with Crippen LogP contribution in [-0.4, -0.2) is 5.91 Å². The molecule has 4 nitrogen and oxygen atoms in total. The van der Waals surface area contributed by atoms with Gasteiger partial charge in [-0.1, -0.05) is 38.1 Å². The van der Waals surface area contributed by atoms with Crippen LogP contribution in [0.15, 0.2) is 52.7 Å². The van der Waals surface area contributed by atoms with Crippen molar-refractivity contribution in [2.45, 2.75) is 26.3 Å². The molecule has 2 rings (SSSR count). The molecule has 2 aromatic rings. The molecule has 1 aromatic heterocycles. The van der Waals surface area contributed by atoms with Gasteiger partial charge < -0.3 is 9.73 Å². The first-order valence-electron chi connectivity index (χ1n) is 7.12. The third kappa shape index (κ3) is 4.10. The maximum Gasteiger partial charge on any atom is 0.262 e. The molecule has 4 heteroatoms. The number of benzene rings is 1. The molecule has 0 aliphatic heterocycles. The molecule has 22 heavy (non-hydrogen) atoms. The van der Waals surface area contributed by atoms with Gasteiger partial charge in [-0.15, -0.1) is 0 Å². The minimum absolute atomic E-state index is 0.0730. The van der Waals surface area contributed by atoms with Crippen LogP contribution in [0.4, 0.5) is 0 Å². The molecule has 0 fully saturated rings. The van der Waals surface area contributed by atoms with Crippen molar-refractivity contribution in [2.75, 3.05) is 0 Å². The molecular weight excluding hydrogens is 276 g/mol. The molecule has 0 radical (unpaired) electrons. The monoisotopic (exact) mass is 294 g/mol. The molecule has 0 spiro atoms. The summed E-state index contributed by atoms with van der Waals surface area (Å²) >= 11 is 0. The zero-order valence-electron chi connectivity index (χ0n) is 12.7. The third-order valence-electron chi connectivity index (χ3n) is 3.28. The van der Waals surface area contributed by atoms with Gasteiger partial charge in [-0.05, 0) is 35.3 Å². The van der Waals surface area contributed by atoms with Gasteiger partial charge in [0.2, 0.25) is 0 Å². The Hall–Kier alpha value is -2.80. The summed E-state index contributed by atoms with van der Waals surface area (Å²) in [6.45, 7) is 4.50. The highest BCUT2D eigenvalue weighted by Gasteiger charge is 2.09. The van der Waals surface area contributed by atoms with Crippen LogP contribution in [0.1, 0.15) is 36.7 Å². The summed E-state index contributed by atoms with van der Waals surface area (Å²) in [6.07, 6.45) is 3.13. The Kier molecular flexibility index (Phi) is 5.16. The molecule has 0 aliphatic carbocycles. The lowest BCUT2D eigenvalue weighted by molar-refractivity contribution is -0.117. The van der Waals surface area contributed by atoms with Crippen LogP contribution in [0.5, 0.6) is 0 Å². The minimum Gasteiger partial charge on any atom is -0.467 e. The molecule has 1 heterocycles. The first-order valence-corrected chi connectivity index (χ1v) is 7.12. The second kappa shape index (κ2) is 7.28. The number of furan rings is 1. The number of rotatable bonds is 5. The lowest BCUT2D eigenvalue weighted by Gasteiger charge is -2.05. The van der Waals surface area contributed by atoms with Gasteiger partial charge in [0.1, 0.15) is 17.4 Å². The molecule has 1 aromatic carbocycles. The average molecular weight is 294 g/mol. The number of nitrogens with zero attached hydrogens (tertiary/aromatic N) is 1. The van der Waals surface area contributed by atoms with Crippen LogP contribution in [0.2, 0.25) is 0 Å². The summed E-state index contributed by atoms with van der Waals surface area (Å²) in [7, 11) is 0. The van der Waals surface area contributed by atoms with Crippen molar-refractivity contribution in [1.82, 2.24) is 5.32 Å². The summed E-state index contributed by atoms with van der Waals surface area (Å²) in [5.41, 5.74) is 2.12. The molecule has 112 valence electrons. The maximum absolute atomic E-state index is 12.0. The highest BCUT2D eigenvalue weighted by atomic mass is 16.3. The Morgan fingerprint density at radius 1 is 1.32 bits per heavy atom. The SMILES string of the molecule is CC(C)c1ccc(/C=C(\C#N)C(=O)NCc2ccco2)cc1. The number of nitrogens with one attached hydrogen (secondary N) is 1. The van der Waals surface area contributed by atoms with Crippen molar-refractivity contribution in [3.8, 4) is 6.07 Å². The van der Waals surface area contributed by atoms with E-state index in [0.717, 1.165) is 5.56 Å². The zero-order chi connectivity index (χ0) is 15.9. The summed E-state index contributed by atoms with van der Waals surface area (Å²) in [4.78, 5) is 12.0. The van der Waals surface area contributed by atoms with E-state index in [-0.39, 0.29) is 12.1 Å². The summed E-state index contributed by atoms with van der Waals surface area (Å²) in [6, 6.07) is 13.3. The number of hydrogen-bond acceptors (Lipinski definition) is 3. The number of carbonyl (C=O) groups is 1. The Balaban J connectivity index is 2.06. The Morgan fingerprint density at radius 3 is 2.59 bits per heavy atom. The highest BCUT2D eigenvalue weighted by molar-refractivity contribution is 6.01. The standard InChI is InChI=1S/C18H18N2O2/c1-13(2)15-7-5-14(6-8-15)10-16(11-19)18(21)20-12-17-4-3-9-22-17/h3-10,13H,12H2,1-2H3,(H,20,21)/b16-10+. The molecule has 1 N–H and O–H groups in total. The van der Waals surface area contributed by atoms with Crippen molar-refractivity contribution in [1.29, 1.82) is 5.26 Å². The van der Waals surface area contributed by atoms with E-state index >= 15 is 0 Å². The summed E-state index contributed by atoms with van der Waals surface area (Å²) < 4.78 is 5.13. The van der Waals surface area contributed by atoms with Crippen LogP contribution < -0.4 is 5.32 Å². The van der Waals surface area contributed by atoms with E-state index in [9.17, 15) is 4.79 Å². The van der Waals surface area contributed by atoms with E-state index < -0.39 is 5.91 Å². The van der Waals surface area contributed by atoms with Crippen molar-refractivity contribution < 1.29 is 9.21 Å². The van der Waals surface area contributed by atoms with E-state index in [4.69, 9.17) is 9.68 Å². The van der Waals surface area contributed by atoms with Gasteiger partial charge in [-0.2, -0.15) is 5.26 Å². The van der Waals surface area contributed by atoms with Crippen LogP contribution in [0.25, 0.3) is 6.08 Å². The quantitative estimate of drug-likeness (QED) is 0.676. The topological polar surface area (TPSA) is 66.0 Å². The molecule has 0 aliphatic rings. The van der Waals surface area contributed by atoms with Crippen molar-refractivity contribution in [2.24, 2.45) is 0 Å². The van der Waals surface area contributed by atoms with Gasteiger partial charge in [0.15, 0.2) is 0 Å². The Labute approximate surface area is 130 Å². The lowest BCUT2D eigenvalue weighted by atomic mass is 10.0. The predicted octanol–water partition coefficient (Wildman–Crippen LogP) is 3.63. The smallest absolute Gasteiger partial charge is 0.262 e. The van der Waals surface area contributed by atoms with E-state index in [2.05, 4.69) is 19.2 Å². The minimum atomic E-state index is -0.410. The summed E-state index contributed by atoms with van der Waals surface area (Å²) in [5.74, 6) is 0.684. The van der Waals surface area contributed by atoms with Gasteiger partial charge >= 0.3 is 0 Å². The van der Waals surface area contributed by atoms with Gasteiger partial charge in [-0.3, -0.25) is 4.79 Å². The fourth-order valence-electron chi connectivity index (χ4n) is 1.97. The fourth-order valence-corrected chi connectivity index (χ4v) is 1.97. The first-order chi connectivity index (χ1) is 10.6.